The Morgan fingerprint density at radius 3 is 2.18 bits per heavy atom. The van der Waals surface area contributed by atoms with Crippen molar-refractivity contribution in [2.75, 3.05) is 26.0 Å². The van der Waals surface area contributed by atoms with Gasteiger partial charge in [0.15, 0.2) is 0 Å². The molecule has 0 heterocycles. The highest BCUT2D eigenvalue weighted by atomic mass is 19.3. The topological polar surface area (TPSA) is 184 Å². The van der Waals surface area contributed by atoms with Crippen LogP contribution in [0.1, 0.15) is 82.9 Å². The summed E-state index contributed by atoms with van der Waals surface area (Å²) in [4.78, 5) is 12.5. The molecule has 0 spiro atoms. The van der Waals surface area contributed by atoms with E-state index in [1.807, 2.05) is 13.8 Å². The van der Waals surface area contributed by atoms with E-state index < -0.39 is 12.6 Å². The number of carbonyl (C=O) groups excluding carboxylic acids is 1. The van der Waals surface area contributed by atoms with E-state index in [-0.39, 0.29) is 18.0 Å². The Bertz CT molecular complexity index is 904. The van der Waals surface area contributed by atoms with Crippen LogP contribution in [0.2, 0.25) is 0 Å². The minimum absolute atomic E-state index is 0.103. The summed E-state index contributed by atoms with van der Waals surface area (Å²) >= 11 is 0. The number of primary amides is 1. The predicted octanol–water partition coefficient (Wildman–Crippen LogP) is 3.74. The van der Waals surface area contributed by atoms with Crippen LogP contribution in [0, 0.1) is 0 Å². The molecule has 0 radical (unpaired) electrons. The number of aryl methyl sites for hydroxylation is 1. The Morgan fingerprint density at radius 1 is 1.13 bits per heavy atom. The molecule has 2 unspecified atom stereocenters. The van der Waals surface area contributed by atoms with E-state index in [0.29, 0.717) is 29.8 Å². The normalized spacial score (nSPS) is 13.5. The number of rotatable bonds is 15. The lowest BCUT2D eigenvalue weighted by Crippen LogP contribution is -2.37. The van der Waals surface area contributed by atoms with E-state index in [9.17, 15) is 8.78 Å². The zero-order valence-corrected chi connectivity index (χ0v) is 24.6. The number of nitrogens with zero attached hydrogens (tertiary/aromatic N) is 1. The molecule has 0 saturated heterocycles. The second kappa shape index (κ2) is 22.9. The fourth-order valence-electron chi connectivity index (χ4n) is 3.97. The summed E-state index contributed by atoms with van der Waals surface area (Å²) in [6.07, 6.45) is 5.07. The van der Waals surface area contributed by atoms with Crippen molar-refractivity contribution in [2.45, 2.75) is 84.9 Å². The first-order valence-corrected chi connectivity index (χ1v) is 13.4. The number of halogens is 2. The number of amides is 1. The lowest BCUT2D eigenvalue weighted by Gasteiger charge is -2.26. The summed E-state index contributed by atoms with van der Waals surface area (Å²) in [5.74, 6) is 0. The second-order valence-electron chi connectivity index (χ2n) is 8.65. The van der Waals surface area contributed by atoms with E-state index in [1.54, 1.807) is 13.1 Å². The minimum atomic E-state index is -2.67. The first-order chi connectivity index (χ1) is 18.7. The van der Waals surface area contributed by atoms with Crippen LogP contribution in [0.25, 0.3) is 5.57 Å². The summed E-state index contributed by atoms with van der Waals surface area (Å²) in [7, 11) is 3.08. The van der Waals surface area contributed by atoms with Crippen LogP contribution in [-0.4, -0.2) is 45.5 Å². The quantitative estimate of drug-likeness (QED) is 0.0978. The first kappa shape index (κ1) is 38.1. The van der Waals surface area contributed by atoms with Gasteiger partial charge < -0.3 is 39.3 Å². The van der Waals surface area contributed by atoms with Gasteiger partial charge in [0, 0.05) is 48.0 Å². The van der Waals surface area contributed by atoms with E-state index in [4.69, 9.17) is 22.0 Å². The van der Waals surface area contributed by atoms with Crippen LogP contribution in [0.3, 0.4) is 0 Å². The highest BCUT2D eigenvalue weighted by Gasteiger charge is 2.21. The van der Waals surface area contributed by atoms with Gasteiger partial charge >= 0.3 is 0 Å². The fraction of sp³-hybridized carbons (Fsp3) is 0.571. The molecule has 9 nitrogen and oxygen atoms in total. The monoisotopic (exact) mass is 554 g/mol. The molecule has 0 aliphatic heterocycles. The fourth-order valence-corrected chi connectivity index (χ4v) is 3.97. The van der Waals surface area contributed by atoms with Gasteiger partial charge in [-0.1, -0.05) is 33.6 Å². The molecule has 1 aromatic carbocycles. The van der Waals surface area contributed by atoms with Crippen molar-refractivity contribution in [1.82, 2.24) is 5.32 Å². The molecule has 2 atom stereocenters. The Kier molecular flexibility index (Phi) is 22.4. The lowest BCUT2D eigenvalue weighted by molar-refractivity contribution is -0.106. The van der Waals surface area contributed by atoms with Crippen molar-refractivity contribution in [3.63, 3.8) is 0 Å². The number of hydrogen-bond acceptors (Lipinski definition) is 8. The molecule has 1 rings (SSSR count). The molecule has 12 N–H and O–H groups in total. The number of hydrogen-bond donors (Lipinski definition) is 7. The SMILES string of the molecule is CCC/C(NC(CC)CCN)=C(\C)C(N)Nc1cc(C(F)F)c(/C(C=NC)=C/N)cc1CCC.CN.NC=O. The van der Waals surface area contributed by atoms with Crippen molar-refractivity contribution >= 4 is 23.9 Å². The number of nitrogens with two attached hydrogens (primary N) is 5. The van der Waals surface area contributed by atoms with Crippen molar-refractivity contribution in [3.8, 4) is 0 Å². The Morgan fingerprint density at radius 2 is 1.74 bits per heavy atom. The highest BCUT2D eigenvalue weighted by Crippen LogP contribution is 2.33. The largest absolute Gasteiger partial charge is 0.404 e. The van der Waals surface area contributed by atoms with E-state index >= 15 is 0 Å². The summed E-state index contributed by atoms with van der Waals surface area (Å²) < 4.78 is 28.1. The number of anilines is 1. The van der Waals surface area contributed by atoms with Gasteiger partial charge in [0.2, 0.25) is 6.41 Å². The van der Waals surface area contributed by atoms with Gasteiger partial charge in [-0.3, -0.25) is 9.79 Å². The van der Waals surface area contributed by atoms with Gasteiger partial charge in [-0.2, -0.15) is 0 Å². The average molecular weight is 555 g/mol. The van der Waals surface area contributed by atoms with Gasteiger partial charge in [0.1, 0.15) is 0 Å². The van der Waals surface area contributed by atoms with Crippen molar-refractivity contribution in [1.29, 1.82) is 0 Å². The van der Waals surface area contributed by atoms with Crippen LogP contribution in [-0.2, 0) is 11.2 Å². The van der Waals surface area contributed by atoms with Gasteiger partial charge in [0.25, 0.3) is 6.43 Å². The zero-order valence-electron chi connectivity index (χ0n) is 24.6. The van der Waals surface area contributed by atoms with Gasteiger partial charge in [-0.15, -0.1) is 0 Å². The number of alkyl halides is 2. The first-order valence-electron chi connectivity index (χ1n) is 13.4. The number of nitrogens with one attached hydrogen (secondary N) is 2. The summed E-state index contributed by atoms with van der Waals surface area (Å²) in [6.45, 7) is 8.89. The summed E-state index contributed by atoms with van der Waals surface area (Å²) in [5, 5.41) is 6.92. The van der Waals surface area contributed by atoms with Crippen LogP contribution < -0.4 is 39.3 Å². The third kappa shape index (κ3) is 13.6. The number of aliphatic imine (C=N–C) groups is 1. The maximum Gasteiger partial charge on any atom is 0.264 e. The van der Waals surface area contributed by atoms with Crippen molar-refractivity contribution in [2.24, 2.45) is 33.7 Å². The highest BCUT2D eigenvalue weighted by molar-refractivity contribution is 6.10. The summed E-state index contributed by atoms with van der Waals surface area (Å²) in [6, 6.07) is 3.55. The average Bonchev–Trinajstić information content (AvgIpc) is 2.92. The number of allylic oxidation sites excluding steroid dienone is 2. The summed E-state index contributed by atoms with van der Waals surface area (Å²) in [5.41, 5.74) is 31.0. The van der Waals surface area contributed by atoms with Gasteiger partial charge in [0.05, 0.1) is 6.17 Å². The van der Waals surface area contributed by atoms with E-state index in [0.717, 1.165) is 48.9 Å². The molecular formula is C28H52F2N8O. The smallest absolute Gasteiger partial charge is 0.264 e. The molecular weight excluding hydrogens is 502 g/mol. The molecule has 0 aliphatic rings. The second-order valence-corrected chi connectivity index (χ2v) is 8.65. The van der Waals surface area contributed by atoms with Crippen LogP contribution in [0.15, 0.2) is 34.6 Å². The van der Waals surface area contributed by atoms with E-state index in [2.05, 4.69) is 40.9 Å². The Balaban J connectivity index is 0. The third-order valence-electron chi connectivity index (χ3n) is 5.93. The molecule has 0 aromatic heterocycles. The van der Waals surface area contributed by atoms with Crippen LogP contribution in [0.5, 0.6) is 0 Å². The molecule has 1 aromatic rings. The molecule has 0 saturated carbocycles. The molecule has 224 valence electrons. The van der Waals surface area contributed by atoms with Crippen molar-refractivity contribution < 1.29 is 13.6 Å². The molecule has 0 aliphatic carbocycles. The molecule has 0 fully saturated rings. The van der Waals surface area contributed by atoms with Gasteiger partial charge in [-0.25, -0.2) is 8.78 Å². The Hall–Kier alpha value is -3.02. The van der Waals surface area contributed by atoms with Crippen LogP contribution in [0.4, 0.5) is 14.5 Å². The molecule has 39 heavy (non-hydrogen) atoms. The molecule has 1 amide bonds. The predicted molar refractivity (Wildman–Crippen MR) is 162 cm³/mol. The standard InChI is InChI=1S/C26H44F2N6.CH3NO.CH5N/c1-6-9-18-13-21(19(15-30)16-32-5)22(25(27)28)14-24(18)34-26(31)17(4)23(10-7-2)33-20(8-3)11-12-29;2-1-3;1-2/h13-16,20,25-26,33-34H,6-12,29-31H2,1-5H3;1H,(H2,2,3);2H2,1H3/b19-15+,23-17-,32-16?;;. The third-order valence-corrected chi connectivity index (χ3v) is 5.93. The molecule has 0 bridgehead atoms. The van der Waals surface area contributed by atoms with Gasteiger partial charge in [-0.05, 0) is 75.0 Å². The maximum absolute atomic E-state index is 14.0. The number of benzene rings is 1. The zero-order chi connectivity index (χ0) is 30.4. The minimum Gasteiger partial charge on any atom is -0.404 e. The maximum atomic E-state index is 14.0. The Labute approximate surface area is 233 Å². The molecule has 11 heteroatoms. The van der Waals surface area contributed by atoms with Crippen LogP contribution >= 0.6 is 0 Å². The van der Waals surface area contributed by atoms with Crippen molar-refractivity contribution in [3.05, 3.63) is 46.3 Å². The number of carbonyl (C=O) groups is 1. The van der Waals surface area contributed by atoms with E-state index in [1.165, 1.54) is 25.5 Å². The lowest BCUT2D eigenvalue weighted by atomic mass is 9.94.